The summed E-state index contributed by atoms with van der Waals surface area (Å²) >= 11 is 0. The summed E-state index contributed by atoms with van der Waals surface area (Å²) in [5, 5.41) is 3.33. The summed E-state index contributed by atoms with van der Waals surface area (Å²) in [5.74, 6) is 7.47. The first-order valence-corrected chi connectivity index (χ1v) is 6.03. The summed E-state index contributed by atoms with van der Waals surface area (Å²) in [6.45, 7) is 8.13. The predicted octanol–water partition coefficient (Wildman–Crippen LogP) is 1.07. The summed E-state index contributed by atoms with van der Waals surface area (Å²) in [7, 11) is 4.15. The van der Waals surface area contributed by atoms with Crippen molar-refractivity contribution in [3.63, 3.8) is 0 Å². The number of hydrazine groups is 1. The number of hydrogen-bond acceptors (Lipinski definition) is 6. The molecule has 0 spiro atoms. The monoisotopic (exact) mass is 252 g/mol. The fourth-order valence-corrected chi connectivity index (χ4v) is 1.97. The Morgan fingerprint density at radius 3 is 2.44 bits per heavy atom. The second-order valence-electron chi connectivity index (χ2n) is 5.59. The minimum absolute atomic E-state index is 0.165. The third-order valence-electron chi connectivity index (χ3n) is 2.48. The van der Waals surface area contributed by atoms with Gasteiger partial charge in [0.15, 0.2) is 0 Å². The molecular formula is C12H24N6. The lowest BCUT2D eigenvalue weighted by molar-refractivity contribution is 0.254. The lowest BCUT2D eigenvalue weighted by Crippen LogP contribution is -2.34. The van der Waals surface area contributed by atoms with Crippen LogP contribution in [0.15, 0.2) is 6.07 Å². The van der Waals surface area contributed by atoms with E-state index < -0.39 is 0 Å². The summed E-state index contributed by atoms with van der Waals surface area (Å²) < 4.78 is 0. The maximum atomic E-state index is 5.36. The van der Waals surface area contributed by atoms with Crippen LogP contribution in [-0.2, 0) is 0 Å². The molecule has 1 heterocycles. The van der Waals surface area contributed by atoms with Gasteiger partial charge in [-0.3, -0.25) is 0 Å². The van der Waals surface area contributed by atoms with Crippen molar-refractivity contribution in [3.05, 3.63) is 11.9 Å². The Morgan fingerprint density at radius 2 is 1.89 bits per heavy atom. The number of rotatable bonds is 6. The summed E-state index contributed by atoms with van der Waals surface area (Å²) in [6, 6.07) is 1.80. The minimum atomic E-state index is 0.165. The smallest absolute Gasteiger partial charge is 0.145 e. The highest BCUT2D eigenvalue weighted by Gasteiger charge is 2.18. The second-order valence-corrected chi connectivity index (χ2v) is 5.59. The largest absolute Gasteiger partial charge is 0.369 e. The molecule has 0 bridgehead atoms. The molecule has 6 heteroatoms. The van der Waals surface area contributed by atoms with Crippen molar-refractivity contribution >= 4 is 11.6 Å². The number of hydrogen-bond donors (Lipinski definition) is 3. The molecule has 0 aromatic carbocycles. The summed E-state index contributed by atoms with van der Waals surface area (Å²) in [6.07, 6.45) is 0. The number of nitrogens with zero attached hydrogens (tertiary/aromatic N) is 3. The molecule has 6 nitrogen and oxygen atoms in total. The van der Waals surface area contributed by atoms with E-state index in [9.17, 15) is 0 Å². The van der Waals surface area contributed by atoms with Crippen LogP contribution in [0.5, 0.6) is 0 Å². The molecule has 0 aliphatic carbocycles. The van der Waals surface area contributed by atoms with Crippen molar-refractivity contribution in [1.82, 2.24) is 14.9 Å². The van der Waals surface area contributed by atoms with Crippen LogP contribution in [0.2, 0.25) is 0 Å². The van der Waals surface area contributed by atoms with Crippen molar-refractivity contribution in [2.45, 2.75) is 20.8 Å². The normalized spacial score (nSPS) is 11.7. The fraction of sp³-hybridized carbons (Fsp3) is 0.667. The van der Waals surface area contributed by atoms with Crippen molar-refractivity contribution in [2.75, 3.05) is 37.9 Å². The lowest BCUT2D eigenvalue weighted by atomic mass is 9.93. The van der Waals surface area contributed by atoms with Gasteiger partial charge in [0.2, 0.25) is 0 Å². The van der Waals surface area contributed by atoms with E-state index in [0.29, 0.717) is 11.6 Å². The van der Waals surface area contributed by atoms with Crippen LogP contribution in [0.1, 0.15) is 19.7 Å². The van der Waals surface area contributed by atoms with Gasteiger partial charge in [-0.05, 0) is 26.4 Å². The molecular weight excluding hydrogens is 228 g/mol. The van der Waals surface area contributed by atoms with Crippen molar-refractivity contribution in [2.24, 2.45) is 11.3 Å². The third-order valence-corrected chi connectivity index (χ3v) is 2.48. The van der Waals surface area contributed by atoms with Gasteiger partial charge in [-0.2, -0.15) is 0 Å². The molecule has 102 valence electrons. The van der Waals surface area contributed by atoms with Crippen LogP contribution in [0, 0.1) is 12.3 Å². The zero-order valence-electron chi connectivity index (χ0n) is 11.9. The van der Waals surface area contributed by atoms with E-state index in [4.69, 9.17) is 5.84 Å². The van der Waals surface area contributed by atoms with E-state index in [1.807, 2.05) is 6.92 Å². The number of aryl methyl sites for hydroxylation is 1. The molecule has 1 rings (SSSR count). The number of anilines is 2. The molecule has 0 fully saturated rings. The number of nitrogen functional groups attached to an aromatic ring is 1. The third kappa shape index (κ3) is 4.85. The van der Waals surface area contributed by atoms with Gasteiger partial charge in [0, 0.05) is 19.2 Å². The van der Waals surface area contributed by atoms with Gasteiger partial charge in [0.05, 0.1) is 0 Å². The molecule has 0 saturated heterocycles. The molecule has 0 atom stereocenters. The van der Waals surface area contributed by atoms with Gasteiger partial charge in [-0.25, -0.2) is 15.8 Å². The van der Waals surface area contributed by atoms with Crippen LogP contribution in [-0.4, -0.2) is 42.1 Å². The first-order chi connectivity index (χ1) is 8.32. The molecule has 18 heavy (non-hydrogen) atoms. The molecule has 0 saturated carbocycles. The van der Waals surface area contributed by atoms with Gasteiger partial charge in [-0.15, -0.1) is 0 Å². The average molecular weight is 252 g/mol. The van der Waals surface area contributed by atoms with E-state index in [-0.39, 0.29) is 5.41 Å². The Hall–Kier alpha value is -1.40. The van der Waals surface area contributed by atoms with Crippen LogP contribution in [0.4, 0.5) is 11.6 Å². The van der Waals surface area contributed by atoms with Crippen LogP contribution in [0.3, 0.4) is 0 Å². The molecule has 0 amide bonds. The molecule has 0 radical (unpaired) electrons. The number of nitrogens with two attached hydrogens (primary N) is 1. The van der Waals surface area contributed by atoms with E-state index in [2.05, 4.69) is 53.6 Å². The quantitative estimate of drug-likeness (QED) is 0.519. The number of aromatic nitrogens is 2. The molecule has 0 unspecified atom stereocenters. The molecule has 0 aliphatic heterocycles. The molecule has 1 aromatic heterocycles. The van der Waals surface area contributed by atoms with E-state index >= 15 is 0 Å². The molecule has 1 aromatic rings. The zero-order valence-corrected chi connectivity index (χ0v) is 11.9. The molecule has 4 N–H and O–H groups in total. The van der Waals surface area contributed by atoms with E-state index in [1.54, 1.807) is 6.07 Å². The van der Waals surface area contributed by atoms with Crippen LogP contribution in [0.25, 0.3) is 0 Å². The number of nitrogens with one attached hydrogen (secondary N) is 2. The Labute approximate surface area is 109 Å². The van der Waals surface area contributed by atoms with Gasteiger partial charge in [0.25, 0.3) is 0 Å². The lowest BCUT2D eigenvalue weighted by Gasteiger charge is -2.28. The predicted molar refractivity (Wildman–Crippen MR) is 75.4 cm³/mol. The van der Waals surface area contributed by atoms with Crippen molar-refractivity contribution < 1.29 is 0 Å². The van der Waals surface area contributed by atoms with Crippen molar-refractivity contribution in [3.8, 4) is 0 Å². The summed E-state index contributed by atoms with van der Waals surface area (Å²) in [4.78, 5) is 10.7. The highest BCUT2D eigenvalue weighted by Crippen LogP contribution is 2.18. The topological polar surface area (TPSA) is 79.1 Å². The maximum absolute atomic E-state index is 5.36. The van der Waals surface area contributed by atoms with E-state index in [1.165, 1.54) is 0 Å². The first-order valence-electron chi connectivity index (χ1n) is 6.03. The minimum Gasteiger partial charge on any atom is -0.369 e. The highest BCUT2D eigenvalue weighted by atomic mass is 15.3. The fourth-order valence-electron chi connectivity index (χ4n) is 1.97. The first kappa shape index (κ1) is 14.7. The Bertz CT molecular complexity index is 388. The van der Waals surface area contributed by atoms with Gasteiger partial charge in [0.1, 0.15) is 17.5 Å². The molecule has 0 aliphatic rings. The van der Waals surface area contributed by atoms with Gasteiger partial charge in [-0.1, -0.05) is 13.8 Å². The van der Waals surface area contributed by atoms with Crippen LogP contribution >= 0.6 is 0 Å². The highest BCUT2D eigenvalue weighted by molar-refractivity contribution is 5.46. The average Bonchev–Trinajstić information content (AvgIpc) is 2.24. The second kappa shape index (κ2) is 5.97. The van der Waals surface area contributed by atoms with E-state index in [0.717, 1.165) is 18.9 Å². The Morgan fingerprint density at radius 1 is 1.28 bits per heavy atom. The Balaban J connectivity index is 2.65. The Kier molecular flexibility index (Phi) is 4.86. The van der Waals surface area contributed by atoms with Gasteiger partial charge >= 0.3 is 0 Å². The van der Waals surface area contributed by atoms with Gasteiger partial charge < -0.3 is 15.6 Å². The SMILES string of the molecule is Cc1nc(NN)cc(NCC(C)(C)CN(C)C)n1. The summed E-state index contributed by atoms with van der Waals surface area (Å²) in [5.41, 5.74) is 2.70. The van der Waals surface area contributed by atoms with Crippen LogP contribution < -0.4 is 16.6 Å². The standard InChI is InChI=1S/C12H24N6/c1-9-15-10(6-11(16-9)17-13)14-7-12(2,3)8-18(4)5/h6H,7-8,13H2,1-5H3,(H2,14,15,16,17). The van der Waals surface area contributed by atoms with Crippen molar-refractivity contribution in [1.29, 1.82) is 0 Å². The maximum Gasteiger partial charge on any atom is 0.145 e. The zero-order chi connectivity index (χ0) is 13.8.